The molecular weight excluding hydrogens is 188 g/mol. The standard InChI is InChI=1S/C11H12N4/c1-11(4-5-11)15-9-3-2-8-10(14-9)13-7-6-12-8/h2-3,6-7H,4-5H2,1H3,(H,13,14,15). The van der Waals surface area contributed by atoms with Gasteiger partial charge in [-0.15, -0.1) is 0 Å². The van der Waals surface area contributed by atoms with Crippen molar-refractivity contribution in [1.29, 1.82) is 0 Å². The highest BCUT2D eigenvalue weighted by molar-refractivity contribution is 5.71. The zero-order chi connectivity index (χ0) is 10.3. The van der Waals surface area contributed by atoms with Crippen LogP contribution >= 0.6 is 0 Å². The van der Waals surface area contributed by atoms with Gasteiger partial charge < -0.3 is 5.32 Å². The average molecular weight is 200 g/mol. The number of fused-ring (bicyclic) bond motifs is 1. The molecule has 1 fully saturated rings. The molecular formula is C11H12N4. The highest BCUT2D eigenvalue weighted by atomic mass is 15.1. The van der Waals surface area contributed by atoms with Crippen LogP contribution in [0.1, 0.15) is 19.8 Å². The molecule has 0 radical (unpaired) electrons. The summed E-state index contributed by atoms with van der Waals surface area (Å²) in [6.45, 7) is 2.20. The van der Waals surface area contributed by atoms with Gasteiger partial charge >= 0.3 is 0 Å². The first-order chi connectivity index (χ1) is 7.25. The Morgan fingerprint density at radius 2 is 2.00 bits per heavy atom. The molecule has 0 saturated heterocycles. The van der Waals surface area contributed by atoms with Crippen LogP contribution in [0.15, 0.2) is 24.5 Å². The van der Waals surface area contributed by atoms with Crippen LogP contribution in [0.5, 0.6) is 0 Å². The van der Waals surface area contributed by atoms with Gasteiger partial charge in [0.05, 0.1) is 0 Å². The Bertz CT molecular complexity index is 505. The lowest BCUT2D eigenvalue weighted by Gasteiger charge is -2.11. The topological polar surface area (TPSA) is 50.7 Å². The van der Waals surface area contributed by atoms with Crippen LogP contribution in [0, 0.1) is 0 Å². The molecule has 3 rings (SSSR count). The van der Waals surface area contributed by atoms with Crippen LogP contribution in [0.3, 0.4) is 0 Å². The van der Waals surface area contributed by atoms with Crippen LogP contribution < -0.4 is 5.32 Å². The Kier molecular flexibility index (Phi) is 1.65. The van der Waals surface area contributed by atoms with E-state index in [2.05, 4.69) is 27.2 Å². The van der Waals surface area contributed by atoms with Gasteiger partial charge in [-0.25, -0.2) is 9.97 Å². The summed E-state index contributed by atoms with van der Waals surface area (Å²) in [7, 11) is 0. The van der Waals surface area contributed by atoms with E-state index < -0.39 is 0 Å². The van der Waals surface area contributed by atoms with Crippen molar-refractivity contribution < 1.29 is 0 Å². The summed E-state index contributed by atoms with van der Waals surface area (Å²) in [6.07, 6.45) is 5.78. The van der Waals surface area contributed by atoms with Gasteiger partial charge in [-0.1, -0.05) is 0 Å². The first-order valence-corrected chi connectivity index (χ1v) is 5.11. The molecule has 0 aliphatic heterocycles. The fourth-order valence-corrected chi connectivity index (χ4v) is 1.55. The first kappa shape index (κ1) is 8.59. The molecule has 2 heterocycles. The fourth-order valence-electron chi connectivity index (χ4n) is 1.55. The molecule has 1 N–H and O–H groups in total. The van der Waals surface area contributed by atoms with Crippen LogP contribution in [-0.2, 0) is 0 Å². The predicted octanol–water partition coefficient (Wildman–Crippen LogP) is 1.99. The van der Waals surface area contributed by atoms with Crippen molar-refractivity contribution in [1.82, 2.24) is 15.0 Å². The molecule has 2 aromatic rings. The number of hydrogen-bond donors (Lipinski definition) is 1. The van der Waals surface area contributed by atoms with Gasteiger partial charge in [0.2, 0.25) is 0 Å². The van der Waals surface area contributed by atoms with Gasteiger partial charge in [0.25, 0.3) is 0 Å². The molecule has 1 aliphatic rings. The summed E-state index contributed by atoms with van der Waals surface area (Å²) < 4.78 is 0. The Morgan fingerprint density at radius 3 is 2.80 bits per heavy atom. The lowest BCUT2D eigenvalue weighted by Crippen LogP contribution is -2.16. The monoisotopic (exact) mass is 200 g/mol. The molecule has 0 spiro atoms. The van der Waals surface area contributed by atoms with E-state index in [1.165, 1.54) is 12.8 Å². The van der Waals surface area contributed by atoms with E-state index in [-0.39, 0.29) is 5.54 Å². The maximum Gasteiger partial charge on any atom is 0.180 e. The minimum absolute atomic E-state index is 0.253. The average Bonchev–Trinajstić information content (AvgIpc) is 2.96. The number of rotatable bonds is 2. The van der Waals surface area contributed by atoms with Gasteiger partial charge in [0, 0.05) is 17.9 Å². The molecule has 15 heavy (non-hydrogen) atoms. The molecule has 4 heteroatoms. The van der Waals surface area contributed by atoms with E-state index >= 15 is 0 Å². The Balaban J connectivity index is 1.99. The zero-order valence-corrected chi connectivity index (χ0v) is 8.57. The fraction of sp³-hybridized carbons (Fsp3) is 0.364. The van der Waals surface area contributed by atoms with E-state index in [9.17, 15) is 0 Å². The quantitative estimate of drug-likeness (QED) is 0.805. The third-order valence-electron chi connectivity index (χ3n) is 2.76. The normalized spacial score (nSPS) is 17.7. The van der Waals surface area contributed by atoms with E-state index in [0.29, 0.717) is 5.65 Å². The summed E-state index contributed by atoms with van der Waals surface area (Å²) in [6, 6.07) is 3.91. The number of nitrogens with one attached hydrogen (secondary N) is 1. The van der Waals surface area contributed by atoms with Crippen molar-refractivity contribution in [2.45, 2.75) is 25.3 Å². The summed E-state index contributed by atoms with van der Waals surface area (Å²) >= 11 is 0. The van der Waals surface area contributed by atoms with Crippen molar-refractivity contribution in [3.63, 3.8) is 0 Å². The van der Waals surface area contributed by atoms with Crippen molar-refractivity contribution in [3.05, 3.63) is 24.5 Å². The largest absolute Gasteiger partial charge is 0.365 e. The molecule has 2 aromatic heterocycles. The highest BCUT2D eigenvalue weighted by Crippen LogP contribution is 2.37. The van der Waals surface area contributed by atoms with Gasteiger partial charge in [-0.05, 0) is 31.9 Å². The van der Waals surface area contributed by atoms with Gasteiger partial charge in [-0.2, -0.15) is 0 Å². The van der Waals surface area contributed by atoms with Gasteiger partial charge in [-0.3, -0.25) is 4.98 Å². The predicted molar refractivity (Wildman–Crippen MR) is 58.6 cm³/mol. The number of nitrogens with zero attached hydrogens (tertiary/aromatic N) is 3. The first-order valence-electron chi connectivity index (χ1n) is 5.11. The van der Waals surface area contributed by atoms with Crippen LogP contribution in [0.4, 0.5) is 5.82 Å². The van der Waals surface area contributed by atoms with Gasteiger partial charge in [0.1, 0.15) is 11.3 Å². The molecule has 0 bridgehead atoms. The third-order valence-corrected chi connectivity index (χ3v) is 2.76. The lowest BCUT2D eigenvalue weighted by atomic mass is 10.3. The van der Waals surface area contributed by atoms with Crippen LogP contribution in [0.25, 0.3) is 11.2 Å². The Morgan fingerprint density at radius 1 is 1.20 bits per heavy atom. The second-order valence-electron chi connectivity index (χ2n) is 4.28. The summed E-state index contributed by atoms with van der Waals surface area (Å²) in [4.78, 5) is 12.8. The Labute approximate surface area is 87.8 Å². The maximum absolute atomic E-state index is 4.42. The van der Waals surface area contributed by atoms with Gasteiger partial charge in [0.15, 0.2) is 5.65 Å². The van der Waals surface area contributed by atoms with E-state index in [1.807, 2.05) is 12.1 Å². The third kappa shape index (κ3) is 1.63. The minimum atomic E-state index is 0.253. The van der Waals surface area contributed by atoms with Crippen molar-refractivity contribution in [2.24, 2.45) is 0 Å². The molecule has 1 saturated carbocycles. The van der Waals surface area contributed by atoms with Crippen molar-refractivity contribution >= 4 is 17.0 Å². The summed E-state index contributed by atoms with van der Waals surface area (Å²) in [5, 5.41) is 3.41. The highest BCUT2D eigenvalue weighted by Gasteiger charge is 2.37. The Hall–Kier alpha value is -1.71. The number of hydrogen-bond acceptors (Lipinski definition) is 4. The van der Waals surface area contributed by atoms with E-state index in [4.69, 9.17) is 0 Å². The van der Waals surface area contributed by atoms with E-state index in [1.54, 1.807) is 12.4 Å². The molecule has 0 aromatic carbocycles. The van der Waals surface area contributed by atoms with E-state index in [0.717, 1.165) is 11.3 Å². The molecule has 0 amide bonds. The second kappa shape index (κ2) is 2.89. The summed E-state index contributed by atoms with van der Waals surface area (Å²) in [5.74, 6) is 0.892. The van der Waals surface area contributed by atoms with Crippen LogP contribution in [0.2, 0.25) is 0 Å². The van der Waals surface area contributed by atoms with Crippen molar-refractivity contribution in [2.75, 3.05) is 5.32 Å². The SMILES string of the molecule is CC1(Nc2ccc3nccnc3n2)CC1. The molecule has 4 nitrogen and oxygen atoms in total. The minimum Gasteiger partial charge on any atom is -0.365 e. The molecule has 1 aliphatic carbocycles. The molecule has 0 unspecified atom stereocenters. The van der Waals surface area contributed by atoms with Crippen molar-refractivity contribution in [3.8, 4) is 0 Å². The summed E-state index contributed by atoms with van der Waals surface area (Å²) in [5.41, 5.74) is 1.79. The maximum atomic E-state index is 4.42. The molecule has 76 valence electrons. The van der Waals surface area contributed by atoms with Crippen LogP contribution in [-0.4, -0.2) is 20.5 Å². The number of pyridine rings is 1. The number of anilines is 1. The number of aromatic nitrogens is 3. The smallest absolute Gasteiger partial charge is 0.180 e. The molecule has 0 atom stereocenters. The second-order valence-corrected chi connectivity index (χ2v) is 4.28. The zero-order valence-electron chi connectivity index (χ0n) is 8.57. The lowest BCUT2D eigenvalue weighted by molar-refractivity contribution is 0.822.